The lowest BCUT2D eigenvalue weighted by Crippen LogP contribution is -2.47. The second-order valence-corrected chi connectivity index (χ2v) is 13.1. The van der Waals surface area contributed by atoms with Gasteiger partial charge in [0.15, 0.2) is 12.4 Å². The number of anilines is 1. The van der Waals surface area contributed by atoms with Crippen LogP contribution in [0.3, 0.4) is 0 Å². The molecular formula is C31H41N2O4S+. The van der Waals surface area contributed by atoms with Crippen LogP contribution in [0.2, 0.25) is 0 Å². The van der Waals surface area contributed by atoms with Crippen LogP contribution in [0.25, 0.3) is 0 Å². The predicted molar refractivity (Wildman–Crippen MR) is 151 cm³/mol. The molecule has 204 valence electrons. The SMILES string of the molecule is CC1CCC(C(=O)N(c2cc(C#CC(C)(C)C)sc2C(=O)O)[C@H]2CC[C@H](Oc3cc[n+](C)cc3)CC2)CC1. The molecule has 38 heavy (non-hydrogen) atoms. The second-order valence-electron chi connectivity index (χ2n) is 12.0. The summed E-state index contributed by atoms with van der Waals surface area (Å²) in [5.41, 5.74) is 0.320. The van der Waals surface area contributed by atoms with E-state index in [9.17, 15) is 14.7 Å². The van der Waals surface area contributed by atoms with Gasteiger partial charge >= 0.3 is 5.97 Å². The Balaban J connectivity index is 1.60. The number of thiophene rings is 1. The van der Waals surface area contributed by atoms with Gasteiger partial charge in [-0.05, 0) is 84.1 Å². The summed E-state index contributed by atoms with van der Waals surface area (Å²) in [6.07, 6.45) is 11.0. The Bertz CT molecular complexity index is 1190. The normalized spacial score (nSPS) is 23.7. The van der Waals surface area contributed by atoms with Crippen molar-refractivity contribution in [2.45, 2.75) is 91.2 Å². The average molecular weight is 538 g/mol. The zero-order valence-corrected chi connectivity index (χ0v) is 24.1. The topological polar surface area (TPSA) is 70.7 Å². The first-order chi connectivity index (χ1) is 18.0. The summed E-state index contributed by atoms with van der Waals surface area (Å²) in [5.74, 6) is 6.88. The van der Waals surface area contributed by atoms with Gasteiger partial charge in [0.05, 0.1) is 16.7 Å². The molecule has 0 radical (unpaired) electrons. The van der Waals surface area contributed by atoms with Crippen molar-refractivity contribution in [2.75, 3.05) is 4.90 Å². The van der Waals surface area contributed by atoms with Gasteiger partial charge < -0.3 is 14.7 Å². The van der Waals surface area contributed by atoms with E-state index in [-0.39, 0.29) is 34.3 Å². The maximum atomic E-state index is 14.1. The molecule has 0 saturated heterocycles. The van der Waals surface area contributed by atoms with Crippen LogP contribution in [0.1, 0.15) is 93.6 Å². The number of hydrogen-bond acceptors (Lipinski definition) is 4. The lowest BCUT2D eigenvalue weighted by molar-refractivity contribution is -0.671. The van der Waals surface area contributed by atoms with Crippen LogP contribution < -0.4 is 14.2 Å². The first-order valence-electron chi connectivity index (χ1n) is 13.9. The highest BCUT2D eigenvalue weighted by atomic mass is 32.1. The molecule has 0 aromatic carbocycles. The molecule has 2 aliphatic carbocycles. The number of hydrogen-bond donors (Lipinski definition) is 1. The van der Waals surface area contributed by atoms with Crippen LogP contribution in [-0.4, -0.2) is 29.1 Å². The smallest absolute Gasteiger partial charge is 0.348 e. The standard InChI is InChI=1S/C31H40N2O4S/c1-21-6-8-22(9-7-21)29(34)33(27-20-26(14-17-31(2,3)4)38-28(27)30(35)36)23-10-12-24(13-11-23)37-25-15-18-32(5)19-16-25/h15-16,18-24H,6-13H2,1-5H3/p+1/t21?,22?,23-,24-. The first kappa shape index (κ1) is 28.2. The highest BCUT2D eigenvalue weighted by Crippen LogP contribution is 2.39. The minimum absolute atomic E-state index is 0.0496. The molecule has 2 aliphatic rings. The number of carbonyl (C=O) groups is 2. The fraction of sp³-hybridized carbons (Fsp3) is 0.581. The van der Waals surface area contributed by atoms with Crippen LogP contribution in [0, 0.1) is 29.1 Å². The maximum absolute atomic E-state index is 14.1. The number of carboxylic acid groups (broad SMARTS) is 1. The summed E-state index contributed by atoms with van der Waals surface area (Å²) in [6, 6.07) is 5.72. The van der Waals surface area contributed by atoms with Gasteiger partial charge in [0.25, 0.3) is 0 Å². The second kappa shape index (κ2) is 11.9. The lowest BCUT2D eigenvalue weighted by atomic mass is 9.81. The van der Waals surface area contributed by atoms with Gasteiger partial charge in [-0.2, -0.15) is 0 Å². The maximum Gasteiger partial charge on any atom is 0.348 e. The van der Waals surface area contributed by atoms with E-state index in [1.807, 2.05) is 67.9 Å². The van der Waals surface area contributed by atoms with E-state index in [2.05, 4.69) is 18.8 Å². The number of rotatable bonds is 6. The van der Waals surface area contributed by atoms with Gasteiger partial charge in [-0.25, -0.2) is 9.36 Å². The fourth-order valence-corrected chi connectivity index (χ4v) is 6.24. The number of aryl methyl sites for hydroxylation is 1. The summed E-state index contributed by atoms with van der Waals surface area (Å²) in [5, 5.41) is 10.1. The molecule has 6 nitrogen and oxygen atoms in total. The molecule has 7 heteroatoms. The Labute approximate surface area is 231 Å². The molecule has 1 N–H and O–H groups in total. The van der Waals surface area contributed by atoms with Crippen molar-refractivity contribution < 1.29 is 24.0 Å². The molecule has 2 aromatic heterocycles. The number of pyridine rings is 1. The predicted octanol–water partition coefficient (Wildman–Crippen LogP) is 6.22. The Kier molecular flexibility index (Phi) is 8.82. The summed E-state index contributed by atoms with van der Waals surface area (Å²) in [7, 11) is 1.98. The number of ether oxygens (including phenoxy) is 1. The fourth-order valence-electron chi connectivity index (χ4n) is 5.40. The zero-order valence-electron chi connectivity index (χ0n) is 23.3. The van der Waals surface area contributed by atoms with Gasteiger partial charge in [0.1, 0.15) is 17.7 Å². The Morgan fingerprint density at radius 2 is 1.68 bits per heavy atom. The van der Waals surface area contributed by atoms with Crippen LogP contribution in [-0.2, 0) is 11.8 Å². The molecule has 2 aromatic rings. The van der Waals surface area contributed by atoms with Gasteiger partial charge in [-0.1, -0.05) is 18.8 Å². The van der Waals surface area contributed by atoms with Crippen molar-refractivity contribution in [3.63, 3.8) is 0 Å². The third kappa shape index (κ3) is 7.17. The Hall–Kier alpha value is -2.85. The first-order valence-corrected chi connectivity index (χ1v) is 14.7. The third-order valence-corrected chi connectivity index (χ3v) is 8.62. The molecule has 0 aliphatic heterocycles. The van der Waals surface area contributed by atoms with Crippen molar-refractivity contribution in [1.29, 1.82) is 0 Å². The van der Waals surface area contributed by atoms with E-state index in [0.29, 0.717) is 16.5 Å². The Morgan fingerprint density at radius 3 is 2.26 bits per heavy atom. The molecule has 0 spiro atoms. The number of amides is 1. The number of aromatic nitrogens is 1. The van der Waals surface area contributed by atoms with E-state index >= 15 is 0 Å². The lowest BCUT2D eigenvalue weighted by Gasteiger charge is -2.39. The number of carbonyl (C=O) groups excluding carboxylic acids is 1. The van der Waals surface area contributed by atoms with E-state index in [1.165, 1.54) is 11.3 Å². The van der Waals surface area contributed by atoms with E-state index in [1.54, 1.807) is 0 Å². The zero-order chi connectivity index (χ0) is 27.4. The number of nitrogens with zero attached hydrogens (tertiary/aromatic N) is 2. The highest BCUT2D eigenvalue weighted by Gasteiger charge is 2.37. The molecule has 4 rings (SSSR count). The van der Waals surface area contributed by atoms with Gasteiger partial charge in [0, 0.05) is 29.5 Å². The monoisotopic (exact) mass is 537 g/mol. The van der Waals surface area contributed by atoms with Gasteiger partial charge in [-0.15, -0.1) is 11.3 Å². The van der Waals surface area contributed by atoms with Crippen molar-refractivity contribution >= 4 is 28.9 Å². The van der Waals surface area contributed by atoms with E-state index < -0.39 is 5.97 Å². The molecule has 1 amide bonds. The van der Waals surface area contributed by atoms with Crippen molar-refractivity contribution in [1.82, 2.24) is 0 Å². The molecule has 2 fully saturated rings. The summed E-state index contributed by atoms with van der Waals surface area (Å²) in [6.45, 7) is 8.33. The summed E-state index contributed by atoms with van der Waals surface area (Å²) in [4.78, 5) is 29.2. The number of carboxylic acids is 1. The third-order valence-electron chi connectivity index (χ3n) is 7.59. The largest absolute Gasteiger partial charge is 0.490 e. The molecule has 2 saturated carbocycles. The highest BCUT2D eigenvalue weighted by molar-refractivity contribution is 7.15. The molecular weight excluding hydrogens is 496 g/mol. The van der Waals surface area contributed by atoms with Gasteiger partial charge in [-0.3, -0.25) is 4.79 Å². The Morgan fingerprint density at radius 1 is 1.05 bits per heavy atom. The molecule has 0 atom stereocenters. The molecule has 0 bridgehead atoms. The number of aromatic carboxylic acids is 1. The quantitative estimate of drug-likeness (QED) is 0.351. The van der Waals surface area contributed by atoms with Crippen LogP contribution in [0.5, 0.6) is 5.75 Å². The minimum atomic E-state index is -1.00. The summed E-state index contributed by atoms with van der Waals surface area (Å²) < 4.78 is 8.21. The summed E-state index contributed by atoms with van der Waals surface area (Å²) >= 11 is 1.17. The van der Waals surface area contributed by atoms with Crippen molar-refractivity contribution in [3.05, 3.63) is 40.3 Å². The van der Waals surface area contributed by atoms with E-state index in [4.69, 9.17) is 4.74 Å². The van der Waals surface area contributed by atoms with Crippen molar-refractivity contribution in [2.24, 2.45) is 24.3 Å². The van der Waals surface area contributed by atoms with E-state index in [0.717, 1.165) is 57.1 Å². The van der Waals surface area contributed by atoms with Crippen LogP contribution in [0.15, 0.2) is 30.6 Å². The average Bonchev–Trinajstić information content (AvgIpc) is 3.30. The van der Waals surface area contributed by atoms with Gasteiger partial charge in [0.2, 0.25) is 5.91 Å². The van der Waals surface area contributed by atoms with Crippen LogP contribution >= 0.6 is 11.3 Å². The molecule has 2 heterocycles. The minimum Gasteiger partial charge on any atom is -0.490 e. The van der Waals surface area contributed by atoms with Crippen LogP contribution in [0.4, 0.5) is 5.69 Å². The molecule has 0 unspecified atom stereocenters. The van der Waals surface area contributed by atoms with Crippen molar-refractivity contribution in [3.8, 4) is 17.6 Å².